The third-order valence-electron chi connectivity index (χ3n) is 6.64. The van der Waals surface area contributed by atoms with E-state index < -0.39 is 0 Å². The largest absolute Gasteiger partial charge is 0.439 e. The first-order valence-electron chi connectivity index (χ1n) is 11.2. The van der Waals surface area contributed by atoms with E-state index in [1.165, 1.54) is 6.33 Å². The lowest BCUT2D eigenvalue weighted by atomic mass is 10.0. The van der Waals surface area contributed by atoms with Gasteiger partial charge in [-0.15, -0.1) is 0 Å². The summed E-state index contributed by atoms with van der Waals surface area (Å²) in [6.07, 6.45) is 4.63. The molecular formula is C24H25N7O2. The molecule has 168 valence electrons. The highest BCUT2D eigenvalue weighted by Crippen LogP contribution is 2.47. The minimum atomic E-state index is -0.237. The van der Waals surface area contributed by atoms with Gasteiger partial charge in [0, 0.05) is 46.2 Å². The van der Waals surface area contributed by atoms with E-state index in [1.807, 2.05) is 30.3 Å². The number of aromatic nitrogens is 5. The molecule has 1 saturated carbocycles. The van der Waals surface area contributed by atoms with Gasteiger partial charge in [-0.2, -0.15) is 5.10 Å². The number of carbonyl (C=O) groups is 1. The number of H-pyrrole nitrogens is 2. The summed E-state index contributed by atoms with van der Waals surface area (Å²) in [6.45, 7) is 5.04. The second-order valence-corrected chi connectivity index (χ2v) is 9.31. The first kappa shape index (κ1) is 19.9. The average Bonchev–Trinajstić information content (AvgIpc) is 3.21. The third-order valence-corrected chi connectivity index (χ3v) is 6.64. The Kier molecular flexibility index (Phi) is 4.48. The van der Waals surface area contributed by atoms with Gasteiger partial charge in [-0.1, -0.05) is 6.92 Å². The van der Waals surface area contributed by atoms with Crippen LogP contribution in [0.3, 0.4) is 0 Å². The fourth-order valence-electron chi connectivity index (χ4n) is 4.27. The highest BCUT2D eigenvalue weighted by molar-refractivity contribution is 6.05. The SMILES string of the molecule is C[C@H]1Cc2c(ncnc2Oc2ccc3[nH]c(C(=O)Nc4cc(C5(C)CC5)[nH]n4)cc3c2)CN1. The molecule has 1 fully saturated rings. The molecule has 0 unspecified atom stereocenters. The molecule has 1 aliphatic carbocycles. The molecule has 4 heterocycles. The van der Waals surface area contributed by atoms with Crippen molar-refractivity contribution in [1.29, 1.82) is 0 Å². The van der Waals surface area contributed by atoms with E-state index in [0.717, 1.165) is 47.1 Å². The Bertz CT molecular complexity index is 1370. The number of hydrogen-bond donors (Lipinski definition) is 4. The predicted molar refractivity (Wildman–Crippen MR) is 124 cm³/mol. The van der Waals surface area contributed by atoms with Gasteiger partial charge in [0.15, 0.2) is 5.82 Å². The summed E-state index contributed by atoms with van der Waals surface area (Å²) in [6, 6.07) is 9.75. The van der Waals surface area contributed by atoms with Crippen LogP contribution in [-0.2, 0) is 18.4 Å². The standard InChI is InChI=1S/C24H25N7O2/c1-13-7-16-19(11-25-13)26-12-27-23(16)33-15-3-4-17-14(8-15)9-18(28-17)22(32)29-21-10-20(30-31-21)24(2)5-6-24/h3-4,8-10,12-13,25,28H,5-7,11H2,1-2H3,(H2,29,30,31,32)/t13-/m0/s1. The first-order valence-corrected chi connectivity index (χ1v) is 11.2. The van der Waals surface area contributed by atoms with Crippen molar-refractivity contribution in [2.45, 2.75) is 51.1 Å². The molecule has 33 heavy (non-hydrogen) atoms. The van der Waals surface area contributed by atoms with Gasteiger partial charge in [0.1, 0.15) is 17.8 Å². The van der Waals surface area contributed by atoms with E-state index in [0.29, 0.717) is 35.7 Å². The molecule has 3 aromatic heterocycles. The summed E-state index contributed by atoms with van der Waals surface area (Å²) < 4.78 is 6.13. The van der Waals surface area contributed by atoms with E-state index >= 15 is 0 Å². The highest BCUT2D eigenvalue weighted by atomic mass is 16.5. The van der Waals surface area contributed by atoms with E-state index in [-0.39, 0.29) is 11.3 Å². The fraction of sp³-hybridized carbons (Fsp3) is 0.333. The molecular weight excluding hydrogens is 418 g/mol. The normalized spacial score (nSPS) is 18.7. The predicted octanol–water partition coefficient (Wildman–Crippen LogP) is 3.81. The lowest BCUT2D eigenvalue weighted by Crippen LogP contribution is -2.33. The van der Waals surface area contributed by atoms with Crippen molar-refractivity contribution in [2.24, 2.45) is 0 Å². The van der Waals surface area contributed by atoms with Crippen molar-refractivity contribution in [2.75, 3.05) is 5.32 Å². The lowest BCUT2D eigenvalue weighted by Gasteiger charge is -2.23. The van der Waals surface area contributed by atoms with E-state index in [1.54, 1.807) is 0 Å². The van der Waals surface area contributed by atoms with Crippen molar-refractivity contribution in [3.05, 3.63) is 59.3 Å². The van der Waals surface area contributed by atoms with Crippen LogP contribution in [0.25, 0.3) is 10.9 Å². The number of rotatable bonds is 5. The van der Waals surface area contributed by atoms with Crippen LogP contribution in [0.5, 0.6) is 11.6 Å². The molecule has 0 radical (unpaired) electrons. The number of aromatic amines is 2. The van der Waals surface area contributed by atoms with Crippen LogP contribution in [0, 0.1) is 0 Å². The Morgan fingerprint density at radius 1 is 1.21 bits per heavy atom. The summed E-state index contributed by atoms with van der Waals surface area (Å²) in [5.41, 5.74) is 4.55. The summed E-state index contributed by atoms with van der Waals surface area (Å²) in [4.78, 5) is 24.7. The Morgan fingerprint density at radius 3 is 2.94 bits per heavy atom. The number of nitrogens with zero attached hydrogens (tertiary/aromatic N) is 3. The molecule has 6 rings (SSSR count). The van der Waals surface area contributed by atoms with Gasteiger partial charge < -0.3 is 20.4 Å². The second-order valence-electron chi connectivity index (χ2n) is 9.31. The molecule has 9 nitrogen and oxygen atoms in total. The number of benzene rings is 1. The van der Waals surface area contributed by atoms with Crippen LogP contribution in [0.2, 0.25) is 0 Å². The lowest BCUT2D eigenvalue weighted by molar-refractivity contribution is 0.102. The van der Waals surface area contributed by atoms with E-state index in [4.69, 9.17) is 4.74 Å². The van der Waals surface area contributed by atoms with Crippen molar-refractivity contribution < 1.29 is 9.53 Å². The van der Waals surface area contributed by atoms with Crippen LogP contribution in [0.4, 0.5) is 5.82 Å². The molecule has 1 amide bonds. The summed E-state index contributed by atoms with van der Waals surface area (Å²) in [7, 11) is 0. The van der Waals surface area contributed by atoms with Gasteiger partial charge >= 0.3 is 0 Å². The number of anilines is 1. The van der Waals surface area contributed by atoms with Gasteiger partial charge in [-0.25, -0.2) is 9.97 Å². The van der Waals surface area contributed by atoms with Crippen molar-refractivity contribution in [3.8, 4) is 11.6 Å². The Balaban J connectivity index is 1.21. The molecule has 0 spiro atoms. The van der Waals surface area contributed by atoms with Crippen LogP contribution in [-0.4, -0.2) is 37.1 Å². The Hall–Kier alpha value is -3.72. The zero-order valence-electron chi connectivity index (χ0n) is 18.5. The minimum absolute atomic E-state index is 0.172. The molecule has 1 aliphatic heterocycles. The van der Waals surface area contributed by atoms with Crippen molar-refractivity contribution >= 4 is 22.6 Å². The Morgan fingerprint density at radius 2 is 2.09 bits per heavy atom. The van der Waals surface area contributed by atoms with Crippen molar-refractivity contribution in [1.82, 2.24) is 30.5 Å². The molecule has 9 heteroatoms. The molecule has 0 saturated heterocycles. The highest BCUT2D eigenvalue weighted by Gasteiger charge is 2.40. The molecule has 1 aromatic carbocycles. The summed E-state index contributed by atoms with van der Waals surface area (Å²) in [5.74, 6) is 1.54. The van der Waals surface area contributed by atoms with Crippen LogP contribution >= 0.6 is 0 Å². The summed E-state index contributed by atoms with van der Waals surface area (Å²) >= 11 is 0. The van der Waals surface area contributed by atoms with E-state index in [9.17, 15) is 4.79 Å². The topological polar surface area (TPSA) is 121 Å². The van der Waals surface area contributed by atoms with Gasteiger partial charge in [0.2, 0.25) is 5.88 Å². The van der Waals surface area contributed by atoms with Crippen LogP contribution in [0.15, 0.2) is 36.7 Å². The molecule has 0 bridgehead atoms. The molecule has 1 atom stereocenters. The first-order chi connectivity index (χ1) is 16.0. The monoisotopic (exact) mass is 443 g/mol. The van der Waals surface area contributed by atoms with Gasteiger partial charge in [-0.05, 0) is 50.5 Å². The third kappa shape index (κ3) is 3.74. The fourth-order valence-corrected chi connectivity index (χ4v) is 4.27. The number of amides is 1. The van der Waals surface area contributed by atoms with Gasteiger partial charge in [-0.3, -0.25) is 9.89 Å². The molecule has 2 aliphatic rings. The maximum Gasteiger partial charge on any atom is 0.273 e. The molecule has 4 N–H and O–H groups in total. The quantitative estimate of drug-likeness (QED) is 0.372. The molecule has 4 aromatic rings. The number of fused-ring (bicyclic) bond motifs is 2. The minimum Gasteiger partial charge on any atom is -0.439 e. The van der Waals surface area contributed by atoms with Gasteiger partial charge in [0.25, 0.3) is 5.91 Å². The van der Waals surface area contributed by atoms with Gasteiger partial charge in [0.05, 0.1) is 5.69 Å². The summed E-state index contributed by atoms with van der Waals surface area (Å²) in [5, 5.41) is 14.4. The van der Waals surface area contributed by atoms with E-state index in [2.05, 4.69) is 49.6 Å². The Labute approximate surface area is 190 Å². The number of nitrogens with one attached hydrogen (secondary N) is 4. The zero-order valence-corrected chi connectivity index (χ0v) is 18.5. The van der Waals surface area contributed by atoms with Crippen molar-refractivity contribution in [3.63, 3.8) is 0 Å². The number of carbonyl (C=O) groups excluding carboxylic acids is 1. The number of hydrogen-bond acceptors (Lipinski definition) is 6. The average molecular weight is 444 g/mol. The van der Waals surface area contributed by atoms with Crippen LogP contribution in [0.1, 0.15) is 54.1 Å². The second kappa shape index (κ2) is 7.41. The maximum absolute atomic E-state index is 12.8. The smallest absolute Gasteiger partial charge is 0.273 e. The number of ether oxygens (including phenoxy) is 1. The maximum atomic E-state index is 12.8. The van der Waals surface area contributed by atoms with Crippen LogP contribution < -0.4 is 15.4 Å². The zero-order chi connectivity index (χ0) is 22.6.